The van der Waals surface area contributed by atoms with E-state index in [0.29, 0.717) is 0 Å². The van der Waals surface area contributed by atoms with Gasteiger partial charge in [0.15, 0.2) is 11.5 Å². The SMILES string of the molecule is CC(NC(=O)C1CC=CCC1)c1ccc2c(c1)OCO2. The van der Waals surface area contributed by atoms with Gasteiger partial charge in [-0.3, -0.25) is 4.79 Å². The van der Waals surface area contributed by atoms with Gasteiger partial charge in [0.05, 0.1) is 6.04 Å². The molecule has 0 spiro atoms. The molecule has 4 nitrogen and oxygen atoms in total. The summed E-state index contributed by atoms with van der Waals surface area (Å²) in [5.74, 6) is 1.77. The molecule has 0 fully saturated rings. The summed E-state index contributed by atoms with van der Waals surface area (Å²) >= 11 is 0. The number of ether oxygens (including phenoxy) is 2. The molecule has 2 unspecified atom stereocenters. The van der Waals surface area contributed by atoms with Gasteiger partial charge in [0.25, 0.3) is 0 Å². The number of allylic oxidation sites excluding steroid dienone is 2. The number of carbonyl (C=O) groups is 1. The predicted octanol–water partition coefficient (Wildman–Crippen LogP) is 2.95. The first-order valence-corrected chi connectivity index (χ1v) is 7.09. The van der Waals surface area contributed by atoms with Crippen molar-refractivity contribution in [2.75, 3.05) is 6.79 Å². The van der Waals surface area contributed by atoms with Gasteiger partial charge < -0.3 is 14.8 Å². The molecule has 4 heteroatoms. The van der Waals surface area contributed by atoms with Crippen LogP contribution in [0.1, 0.15) is 37.8 Å². The lowest BCUT2D eigenvalue weighted by Gasteiger charge is -2.21. The van der Waals surface area contributed by atoms with Crippen LogP contribution in [-0.2, 0) is 4.79 Å². The molecule has 0 saturated carbocycles. The van der Waals surface area contributed by atoms with Gasteiger partial charge in [-0.2, -0.15) is 0 Å². The molecule has 1 N–H and O–H groups in total. The zero-order valence-corrected chi connectivity index (χ0v) is 11.6. The summed E-state index contributed by atoms with van der Waals surface area (Å²) in [7, 11) is 0. The Morgan fingerprint density at radius 3 is 2.95 bits per heavy atom. The maximum atomic E-state index is 12.2. The molecule has 1 aliphatic heterocycles. The monoisotopic (exact) mass is 273 g/mol. The van der Waals surface area contributed by atoms with Gasteiger partial charge in [-0.15, -0.1) is 0 Å². The van der Waals surface area contributed by atoms with Crippen LogP contribution < -0.4 is 14.8 Å². The van der Waals surface area contributed by atoms with E-state index in [-0.39, 0.29) is 24.7 Å². The lowest BCUT2D eigenvalue weighted by molar-refractivity contribution is -0.125. The molecule has 0 saturated heterocycles. The van der Waals surface area contributed by atoms with Gasteiger partial charge >= 0.3 is 0 Å². The van der Waals surface area contributed by atoms with Crippen molar-refractivity contribution in [3.63, 3.8) is 0 Å². The molecular formula is C16H19NO3. The van der Waals surface area contributed by atoms with Crippen molar-refractivity contribution >= 4 is 5.91 Å². The molecule has 1 aliphatic carbocycles. The fourth-order valence-corrected chi connectivity index (χ4v) is 2.63. The van der Waals surface area contributed by atoms with E-state index in [1.165, 1.54) is 0 Å². The summed E-state index contributed by atoms with van der Waals surface area (Å²) in [6.45, 7) is 2.27. The standard InChI is InChI=1S/C16H19NO3/c1-11(17-16(18)12-5-3-2-4-6-12)13-7-8-14-15(9-13)20-10-19-14/h2-3,7-9,11-12H,4-6,10H2,1H3,(H,17,18). The number of carbonyl (C=O) groups excluding carboxylic acids is 1. The maximum Gasteiger partial charge on any atom is 0.231 e. The largest absolute Gasteiger partial charge is 0.454 e. The number of nitrogens with one attached hydrogen (secondary N) is 1. The van der Waals surface area contributed by atoms with Gasteiger partial charge in [-0.25, -0.2) is 0 Å². The van der Waals surface area contributed by atoms with Crippen LogP contribution in [0.25, 0.3) is 0 Å². The molecular weight excluding hydrogens is 254 g/mol. The smallest absolute Gasteiger partial charge is 0.231 e. The molecule has 2 aliphatic rings. The Morgan fingerprint density at radius 1 is 1.30 bits per heavy atom. The molecule has 0 radical (unpaired) electrons. The summed E-state index contributed by atoms with van der Waals surface area (Å²) in [4.78, 5) is 12.2. The second-order valence-electron chi connectivity index (χ2n) is 5.32. The molecule has 0 bridgehead atoms. The average Bonchev–Trinajstić information content (AvgIpc) is 2.95. The second-order valence-corrected chi connectivity index (χ2v) is 5.32. The fraction of sp³-hybridized carbons (Fsp3) is 0.438. The van der Waals surface area contributed by atoms with Gasteiger partial charge in [0.2, 0.25) is 12.7 Å². The van der Waals surface area contributed by atoms with Crippen LogP contribution in [-0.4, -0.2) is 12.7 Å². The highest BCUT2D eigenvalue weighted by molar-refractivity contribution is 5.79. The third kappa shape index (κ3) is 2.64. The van der Waals surface area contributed by atoms with E-state index >= 15 is 0 Å². The molecule has 1 amide bonds. The van der Waals surface area contributed by atoms with Crippen LogP contribution in [0.15, 0.2) is 30.4 Å². The van der Waals surface area contributed by atoms with Crippen molar-refractivity contribution in [1.29, 1.82) is 0 Å². The van der Waals surface area contributed by atoms with Crippen LogP contribution in [0.5, 0.6) is 11.5 Å². The minimum Gasteiger partial charge on any atom is -0.454 e. The summed E-state index contributed by atoms with van der Waals surface area (Å²) in [6, 6.07) is 5.78. The number of benzene rings is 1. The van der Waals surface area contributed by atoms with Crippen molar-refractivity contribution in [2.45, 2.75) is 32.2 Å². The topological polar surface area (TPSA) is 47.6 Å². The highest BCUT2D eigenvalue weighted by Gasteiger charge is 2.21. The number of fused-ring (bicyclic) bond motifs is 1. The van der Waals surface area contributed by atoms with Crippen molar-refractivity contribution in [3.8, 4) is 11.5 Å². The van der Waals surface area contributed by atoms with Crippen molar-refractivity contribution in [2.24, 2.45) is 5.92 Å². The predicted molar refractivity (Wildman–Crippen MR) is 75.6 cm³/mol. The Labute approximate surface area is 118 Å². The van der Waals surface area contributed by atoms with E-state index in [0.717, 1.165) is 36.3 Å². The molecule has 1 aromatic carbocycles. The van der Waals surface area contributed by atoms with E-state index in [9.17, 15) is 4.79 Å². The summed E-state index contributed by atoms with van der Waals surface area (Å²) in [5, 5.41) is 3.09. The Hall–Kier alpha value is -1.97. The highest BCUT2D eigenvalue weighted by atomic mass is 16.7. The lowest BCUT2D eigenvalue weighted by Crippen LogP contribution is -2.33. The van der Waals surface area contributed by atoms with E-state index in [1.54, 1.807) is 0 Å². The molecule has 0 aromatic heterocycles. The number of amides is 1. The second kappa shape index (κ2) is 5.57. The zero-order chi connectivity index (χ0) is 13.9. The van der Waals surface area contributed by atoms with Crippen LogP contribution in [0.3, 0.4) is 0 Å². The maximum absolute atomic E-state index is 12.2. The Kier molecular flexibility index (Phi) is 3.63. The van der Waals surface area contributed by atoms with E-state index in [4.69, 9.17) is 9.47 Å². The van der Waals surface area contributed by atoms with Gasteiger partial charge in [-0.05, 0) is 43.9 Å². The van der Waals surface area contributed by atoms with E-state index < -0.39 is 0 Å². The van der Waals surface area contributed by atoms with Crippen molar-refractivity contribution in [3.05, 3.63) is 35.9 Å². The first-order chi connectivity index (χ1) is 9.74. The van der Waals surface area contributed by atoms with E-state index in [1.807, 2.05) is 25.1 Å². The summed E-state index contributed by atoms with van der Waals surface area (Å²) in [6.07, 6.45) is 7.02. The zero-order valence-electron chi connectivity index (χ0n) is 11.6. The first-order valence-electron chi connectivity index (χ1n) is 7.09. The highest BCUT2D eigenvalue weighted by Crippen LogP contribution is 2.34. The summed E-state index contributed by atoms with van der Waals surface area (Å²) in [5.41, 5.74) is 1.04. The molecule has 3 rings (SSSR count). The van der Waals surface area contributed by atoms with Gasteiger partial charge in [-0.1, -0.05) is 18.2 Å². The van der Waals surface area contributed by atoms with E-state index in [2.05, 4.69) is 17.5 Å². The third-order valence-electron chi connectivity index (χ3n) is 3.90. The average molecular weight is 273 g/mol. The van der Waals surface area contributed by atoms with Crippen molar-refractivity contribution < 1.29 is 14.3 Å². The van der Waals surface area contributed by atoms with Crippen molar-refractivity contribution in [1.82, 2.24) is 5.32 Å². The first kappa shape index (κ1) is 13.0. The molecule has 2 atom stereocenters. The fourth-order valence-electron chi connectivity index (χ4n) is 2.63. The molecule has 1 aromatic rings. The normalized spacial score (nSPS) is 21.6. The quantitative estimate of drug-likeness (QED) is 0.861. The van der Waals surface area contributed by atoms with Gasteiger partial charge in [0, 0.05) is 5.92 Å². The molecule has 20 heavy (non-hydrogen) atoms. The van der Waals surface area contributed by atoms with Crippen LogP contribution in [0.2, 0.25) is 0 Å². The Morgan fingerprint density at radius 2 is 2.15 bits per heavy atom. The van der Waals surface area contributed by atoms with Crippen LogP contribution in [0.4, 0.5) is 0 Å². The Balaban J connectivity index is 1.65. The number of hydrogen-bond acceptors (Lipinski definition) is 3. The number of hydrogen-bond donors (Lipinski definition) is 1. The Bertz CT molecular complexity index is 539. The third-order valence-corrected chi connectivity index (χ3v) is 3.90. The molecule has 106 valence electrons. The summed E-state index contributed by atoms with van der Waals surface area (Å²) < 4.78 is 10.7. The van der Waals surface area contributed by atoms with Gasteiger partial charge in [0.1, 0.15) is 0 Å². The minimum atomic E-state index is -0.0251. The van der Waals surface area contributed by atoms with Crippen LogP contribution in [0, 0.1) is 5.92 Å². The number of rotatable bonds is 3. The minimum absolute atomic E-state index is 0.0251. The lowest BCUT2D eigenvalue weighted by atomic mass is 9.93. The molecule has 1 heterocycles. The van der Waals surface area contributed by atoms with Crippen LogP contribution >= 0.6 is 0 Å².